The van der Waals surface area contributed by atoms with Crippen molar-refractivity contribution in [3.8, 4) is 0 Å². The zero-order valence-electron chi connectivity index (χ0n) is 9.73. The molecule has 1 nitrogen and oxygen atoms in total. The second-order valence-electron chi connectivity index (χ2n) is 3.92. The SMILES string of the molecule is C[C@@H](O)c1ccc(Sc2cc(Cl)ccc2Cl)cc1. The third-order valence-corrected chi connectivity index (χ3v) is 4.23. The average Bonchev–Trinajstić information content (AvgIpc) is 2.34. The number of aliphatic hydroxyl groups excluding tert-OH is 1. The first-order valence-electron chi connectivity index (χ1n) is 5.47. The fraction of sp³-hybridized carbons (Fsp3) is 0.143. The Morgan fingerprint density at radius 3 is 2.33 bits per heavy atom. The summed E-state index contributed by atoms with van der Waals surface area (Å²) in [5.41, 5.74) is 0.900. The van der Waals surface area contributed by atoms with Gasteiger partial charge in [-0.25, -0.2) is 0 Å². The van der Waals surface area contributed by atoms with E-state index < -0.39 is 6.10 Å². The van der Waals surface area contributed by atoms with Crippen LogP contribution in [0.5, 0.6) is 0 Å². The minimum atomic E-state index is -0.446. The normalized spacial score (nSPS) is 12.4. The minimum Gasteiger partial charge on any atom is -0.389 e. The molecule has 1 atom stereocenters. The van der Waals surface area contributed by atoms with E-state index in [2.05, 4.69) is 0 Å². The molecule has 0 fully saturated rings. The highest BCUT2D eigenvalue weighted by Crippen LogP contribution is 2.35. The lowest BCUT2D eigenvalue weighted by atomic mass is 10.1. The lowest BCUT2D eigenvalue weighted by Crippen LogP contribution is -1.89. The number of aliphatic hydroxyl groups is 1. The first-order valence-corrected chi connectivity index (χ1v) is 7.04. The molecular formula is C14H12Cl2OS. The number of hydrogen-bond donors (Lipinski definition) is 1. The van der Waals surface area contributed by atoms with Gasteiger partial charge in [-0.3, -0.25) is 0 Å². The number of benzene rings is 2. The summed E-state index contributed by atoms with van der Waals surface area (Å²) in [6, 6.07) is 13.1. The fourth-order valence-electron chi connectivity index (χ4n) is 1.50. The van der Waals surface area contributed by atoms with Crippen LogP contribution in [-0.2, 0) is 0 Å². The molecule has 18 heavy (non-hydrogen) atoms. The molecule has 4 heteroatoms. The Kier molecular flexibility index (Phi) is 4.57. The highest BCUT2D eigenvalue weighted by atomic mass is 35.5. The summed E-state index contributed by atoms with van der Waals surface area (Å²) in [6.07, 6.45) is -0.446. The Labute approximate surface area is 121 Å². The quantitative estimate of drug-likeness (QED) is 0.840. The van der Waals surface area contributed by atoms with Crippen molar-refractivity contribution in [2.24, 2.45) is 0 Å². The monoisotopic (exact) mass is 298 g/mol. The molecule has 0 radical (unpaired) electrons. The van der Waals surface area contributed by atoms with E-state index in [1.807, 2.05) is 30.3 Å². The molecule has 94 valence electrons. The maximum atomic E-state index is 9.44. The van der Waals surface area contributed by atoms with Crippen molar-refractivity contribution >= 4 is 35.0 Å². The van der Waals surface area contributed by atoms with Crippen LogP contribution in [0.1, 0.15) is 18.6 Å². The zero-order valence-corrected chi connectivity index (χ0v) is 12.1. The van der Waals surface area contributed by atoms with E-state index in [-0.39, 0.29) is 0 Å². The smallest absolute Gasteiger partial charge is 0.0761 e. The zero-order chi connectivity index (χ0) is 13.1. The standard InChI is InChI=1S/C14H12Cl2OS/c1-9(17)10-2-5-12(6-3-10)18-14-8-11(15)4-7-13(14)16/h2-9,17H,1H3/t9-/m1/s1. The van der Waals surface area contributed by atoms with Gasteiger partial charge in [-0.1, -0.05) is 47.1 Å². The van der Waals surface area contributed by atoms with Gasteiger partial charge in [0.15, 0.2) is 0 Å². The number of halogens is 2. The van der Waals surface area contributed by atoms with E-state index in [1.165, 1.54) is 0 Å². The second kappa shape index (κ2) is 5.98. The maximum Gasteiger partial charge on any atom is 0.0761 e. The molecule has 2 aromatic rings. The van der Waals surface area contributed by atoms with Crippen molar-refractivity contribution in [1.82, 2.24) is 0 Å². The minimum absolute atomic E-state index is 0.446. The van der Waals surface area contributed by atoms with Gasteiger partial charge < -0.3 is 5.11 Å². The Hall–Kier alpha value is -0.670. The van der Waals surface area contributed by atoms with Gasteiger partial charge in [-0.15, -0.1) is 0 Å². The fourth-order valence-corrected chi connectivity index (χ4v) is 2.84. The van der Waals surface area contributed by atoms with Gasteiger partial charge in [0.05, 0.1) is 11.1 Å². The van der Waals surface area contributed by atoms with Crippen LogP contribution in [0.2, 0.25) is 10.0 Å². The summed E-state index contributed by atoms with van der Waals surface area (Å²) in [7, 11) is 0. The molecule has 0 spiro atoms. The van der Waals surface area contributed by atoms with Crippen LogP contribution in [0.4, 0.5) is 0 Å². The molecule has 2 aromatic carbocycles. The van der Waals surface area contributed by atoms with Crippen LogP contribution in [0.15, 0.2) is 52.3 Å². The molecular weight excluding hydrogens is 287 g/mol. The lowest BCUT2D eigenvalue weighted by Gasteiger charge is -2.07. The third-order valence-electron chi connectivity index (χ3n) is 2.48. The van der Waals surface area contributed by atoms with E-state index in [9.17, 15) is 5.11 Å². The maximum absolute atomic E-state index is 9.44. The Bertz CT molecular complexity index is 538. The van der Waals surface area contributed by atoms with Crippen molar-refractivity contribution in [3.63, 3.8) is 0 Å². The predicted molar refractivity (Wildman–Crippen MR) is 77.7 cm³/mol. The van der Waals surface area contributed by atoms with Gasteiger partial charge in [0.25, 0.3) is 0 Å². The van der Waals surface area contributed by atoms with Crippen LogP contribution in [0.3, 0.4) is 0 Å². The van der Waals surface area contributed by atoms with Gasteiger partial charge in [-0.05, 0) is 42.8 Å². The molecule has 0 aliphatic carbocycles. The van der Waals surface area contributed by atoms with Gasteiger partial charge in [0.1, 0.15) is 0 Å². The van der Waals surface area contributed by atoms with Crippen LogP contribution in [-0.4, -0.2) is 5.11 Å². The molecule has 0 aliphatic heterocycles. The summed E-state index contributed by atoms with van der Waals surface area (Å²) in [5, 5.41) is 10.8. The summed E-state index contributed by atoms with van der Waals surface area (Å²) in [5.74, 6) is 0. The molecule has 0 aliphatic rings. The lowest BCUT2D eigenvalue weighted by molar-refractivity contribution is 0.199. The molecule has 0 unspecified atom stereocenters. The summed E-state index contributed by atoms with van der Waals surface area (Å²) >= 11 is 13.6. The van der Waals surface area contributed by atoms with Crippen molar-refractivity contribution in [3.05, 3.63) is 58.1 Å². The second-order valence-corrected chi connectivity index (χ2v) is 5.88. The largest absolute Gasteiger partial charge is 0.389 e. The topological polar surface area (TPSA) is 20.2 Å². The molecule has 0 amide bonds. The van der Waals surface area contributed by atoms with E-state index in [0.717, 1.165) is 15.4 Å². The van der Waals surface area contributed by atoms with E-state index in [4.69, 9.17) is 23.2 Å². The Morgan fingerprint density at radius 2 is 1.72 bits per heavy atom. The van der Waals surface area contributed by atoms with Crippen molar-refractivity contribution < 1.29 is 5.11 Å². The first-order chi connectivity index (χ1) is 8.56. The molecule has 1 N–H and O–H groups in total. The summed E-state index contributed by atoms with van der Waals surface area (Å²) < 4.78 is 0. The molecule has 0 saturated carbocycles. The molecule has 0 aromatic heterocycles. The van der Waals surface area contributed by atoms with Crippen LogP contribution in [0, 0.1) is 0 Å². The van der Waals surface area contributed by atoms with E-state index >= 15 is 0 Å². The summed E-state index contributed by atoms with van der Waals surface area (Å²) in [4.78, 5) is 1.98. The molecule has 0 saturated heterocycles. The van der Waals surface area contributed by atoms with Crippen molar-refractivity contribution in [2.75, 3.05) is 0 Å². The Morgan fingerprint density at radius 1 is 1.06 bits per heavy atom. The van der Waals surface area contributed by atoms with Gasteiger partial charge in [-0.2, -0.15) is 0 Å². The van der Waals surface area contributed by atoms with Gasteiger partial charge in [0, 0.05) is 14.8 Å². The highest BCUT2D eigenvalue weighted by molar-refractivity contribution is 7.99. The molecule has 2 rings (SSSR count). The van der Waals surface area contributed by atoms with E-state index in [0.29, 0.717) is 10.0 Å². The van der Waals surface area contributed by atoms with Crippen molar-refractivity contribution in [1.29, 1.82) is 0 Å². The van der Waals surface area contributed by atoms with E-state index in [1.54, 1.807) is 30.8 Å². The van der Waals surface area contributed by atoms with Gasteiger partial charge >= 0.3 is 0 Å². The summed E-state index contributed by atoms with van der Waals surface area (Å²) in [6.45, 7) is 1.75. The van der Waals surface area contributed by atoms with Crippen molar-refractivity contribution in [2.45, 2.75) is 22.8 Å². The predicted octanol–water partition coefficient (Wildman–Crippen LogP) is 5.20. The average molecular weight is 299 g/mol. The highest BCUT2D eigenvalue weighted by Gasteiger charge is 2.05. The van der Waals surface area contributed by atoms with Crippen LogP contribution >= 0.6 is 35.0 Å². The van der Waals surface area contributed by atoms with Crippen LogP contribution in [0.25, 0.3) is 0 Å². The Balaban J connectivity index is 2.21. The van der Waals surface area contributed by atoms with Crippen LogP contribution < -0.4 is 0 Å². The number of hydrogen-bond acceptors (Lipinski definition) is 2. The molecule has 0 heterocycles. The first kappa shape index (κ1) is 13.8. The number of rotatable bonds is 3. The molecule has 0 bridgehead atoms. The third kappa shape index (κ3) is 3.42. The van der Waals surface area contributed by atoms with Gasteiger partial charge in [0.2, 0.25) is 0 Å².